The molecule has 0 radical (unpaired) electrons. The van der Waals surface area contributed by atoms with Crippen molar-refractivity contribution in [2.24, 2.45) is 0 Å². The molecule has 4 N–H and O–H groups in total. The lowest BCUT2D eigenvalue weighted by Gasteiger charge is -2.42. The molecule has 2 aromatic rings. The normalized spacial score (nSPS) is 31.9. The number of aliphatic hydroxyl groups excluding tert-OH is 3. The Morgan fingerprint density at radius 1 is 1.05 bits per heavy atom. The smallest absolute Gasteiger partial charge is 0.320 e. The van der Waals surface area contributed by atoms with Gasteiger partial charge in [-0.3, -0.25) is 9.69 Å². The average Bonchev–Trinajstić information content (AvgIpc) is 3.59. The Bertz CT molecular complexity index is 1110. The molecule has 0 aromatic heterocycles. The van der Waals surface area contributed by atoms with Crippen molar-refractivity contribution in [2.75, 3.05) is 26.3 Å². The number of hydrogen-bond donors (Lipinski definition) is 4. The van der Waals surface area contributed by atoms with E-state index in [0.717, 1.165) is 36.3 Å². The fourth-order valence-electron chi connectivity index (χ4n) is 5.54. The molecule has 0 aliphatic carbocycles. The molecule has 3 saturated heterocycles. The maximum Gasteiger partial charge on any atom is 0.320 e. The van der Waals surface area contributed by atoms with E-state index in [9.17, 15) is 25.2 Å². The van der Waals surface area contributed by atoms with Crippen LogP contribution in [0.4, 0.5) is 0 Å². The van der Waals surface area contributed by atoms with Gasteiger partial charge in [0.2, 0.25) is 0 Å². The van der Waals surface area contributed by atoms with Gasteiger partial charge in [-0.25, -0.2) is 0 Å². The van der Waals surface area contributed by atoms with Gasteiger partial charge < -0.3 is 34.6 Å². The van der Waals surface area contributed by atoms with Gasteiger partial charge in [-0.05, 0) is 60.7 Å². The summed E-state index contributed by atoms with van der Waals surface area (Å²) < 4.78 is 17.4. The first-order valence-electron chi connectivity index (χ1n) is 13.1. The minimum absolute atomic E-state index is 0.0760. The van der Waals surface area contributed by atoms with E-state index in [2.05, 4.69) is 0 Å². The van der Waals surface area contributed by atoms with Gasteiger partial charge in [0.15, 0.2) is 0 Å². The first-order valence-corrected chi connectivity index (χ1v) is 13.5. The number of carboxylic acid groups (broad SMARTS) is 1. The summed E-state index contributed by atoms with van der Waals surface area (Å²) in [6.07, 6.45) is -3.19. The first kappa shape index (κ1) is 27.3. The molecule has 38 heavy (non-hydrogen) atoms. The summed E-state index contributed by atoms with van der Waals surface area (Å²) in [6.45, 7) is 2.02. The number of aliphatic carboxylic acids is 1. The Morgan fingerprint density at radius 3 is 2.55 bits per heavy atom. The zero-order chi connectivity index (χ0) is 26.8. The molecule has 0 saturated carbocycles. The molecular weight excluding hydrogens is 514 g/mol. The lowest BCUT2D eigenvalue weighted by molar-refractivity contribution is -0.228. The van der Waals surface area contributed by atoms with Gasteiger partial charge in [0, 0.05) is 18.0 Å². The molecule has 10 heteroatoms. The second kappa shape index (κ2) is 11.9. The zero-order valence-electron chi connectivity index (χ0n) is 21.0. The molecule has 3 aliphatic rings. The Labute approximate surface area is 226 Å². The van der Waals surface area contributed by atoms with Gasteiger partial charge in [-0.1, -0.05) is 35.9 Å². The quantitative estimate of drug-likeness (QED) is 0.393. The largest absolute Gasteiger partial charge is 0.488 e. The third kappa shape index (κ3) is 5.99. The second-order valence-electron chi connectivity index (χ2n) is 10.3. The molecule has 206 valence electrons. The molecular formula is C28H34ClNO8. The molecule has 3 fully saturated rings. The maximum absolute atomic E-state index is 11.6. The van der Waals surface area contributed by atoms with Gasteiger partial charge >= 0.3 is 5.97 Å². The van der Waals surface area contributed by atoms with Crippen molar-refractivity contribution < 1.29 is 39.4 Å². The molecule has 7 atom stereocenters. The number of likely N-dealkylation sites (tertiary alicyclic amines) is 1. The highest BCUT2D eigenvalue weighted by Gasteiger charge is 2.46. The number of benzene rings is 2. The van der Waals surface area contributed by atoms with Crippen LogP contribution in [0.5, 0.6) is 5.75 Å². The topological polar surface area (TPSA) is 129 Å². The van der Waals surface area contributed by atoms with E-state index in [1.807, 2.05) is 30.3 Å². The van der Waals surface area contributed by atoms with Crippen molar-refractivity contribution >= 4 is 17.6 Å². The van der Waals surface area contributed by atoms with Crippen LogP contribution in [0.25, 0.3) is 0 Å². The van der Waals surface area contributed by atoms with Crippen molar-refractivity contribution in [3.63, 3.8) is 0 Å². The Hall–Kier alpha value is -2.24. The second-order valence-corrected chi connectivity index (χ2v) is 10.7. The summed E-state index contributed by atoms with van der Waals surface area (Å²) in [4.78, 5) is 13.3. The van der Waals surface area contributed by atoms with Crippen molar-refractivity contribution in [3.8, 4) is 5.75 Å². The molecule has 5 rings (SSSR count). The maximum atomic E-state index is 11.6. The number of aliphatic hydroxyl groups is 3. The molecule has 0 unspecified atom stereocenters. The summed E-state index contributed by atoms with van der Waals surface area (Å²) in [7, 11) is 0. The van der Waals surface area contributed by atoms with Gasteiger partial charge in [0.05, 0.1) is 19.3 Å². The summed E-state index contributed by atoms with van der Waals surface area (Å²) in [6, 6.07) is 12.4. The minimum Gasteiger partial charge on any atom is -0.488 e. The number of halogens is 1. The van der Waals surface area contributed by atoms with E-state index in [1.165, 1.54) is 0 Å². The van der Waals surface area contributed by atoms with Crippen LogP contribution in [0.3, 0.4) is 0 Å². The van der Waals surface area contributed by atoms with Crippen molar-refractivity contribution in [2.45, 2.75) is 68.3 Å². The Morgan fingerprint density at radius 2 is 1.84 bits per heavy atom. The lowest BCUT2D eigenvalue weighted by Crippen LogP contribution is -2.57. The average molecular weight is 548 g/mol. The third-order valence-electron chi connectivity index (χ3n) is 7.68. The van der Waals surface area contributed by atoms with Gasteiger partial charge in [-0.2, -0.15) is 0 Å². The molecule has 0 amide bonds. The number of carbonyl (C=O) groups is 1. The summed E-state index contributed by atoms with van der Waals surface area (Å²) in [5, 5.41) is 42.1. The van der Waals surface area contributed by atoms with Crippen LogP contribution < -0.4 is 4.74 Å². The molecule has 3 aliphatic heterocycles. The predicted molar refractivity (Wildman–Crippen MR) is 138 cm³/mol. The molecule has 0 spiro atoms. The molecule has 3 heterocycles. The standard InChI is InChI=1S/C28H34ClNO8/c29-21-8-5-17(13-18(21)12-16-3-6-19(7-4-16)37-20-9-11-36-15-20)27-26(33)25(32)24(31)23(38-27)14-30-10-1-2-22(30)28(34)35/h3-8,13,20,22-27,31-33H,1-2,9-12,14-15H2,(H,34,35)/t20-,22-,23+,24+,25-,26+,27-/m0/s1. The molecule has 9 nitrogen and oxygen atoms in total. The summed E-state index contributed by atoms with van der Waals surface area (Å²) in [5.41, 5.74) is 2.46. The number of ether oxygens (including phenoxy) is 3. The van der Waals surface area contributed by atoms with Crippen LogP contribution in [0.15, 0.2) is 42.5 Å². The highest BCUT2D eigenvalue weighted by molar-refractivity contribution is 6.31. The van der Waals surface area contributed by atoms with Gasteiger partial charge in [0.25, 0.3) is 0 Å². The number of rotatable bonds is 8. The first-order chi connectivity index (χ1) is 18.3. The lowest BCUT2D eigenvalue weighted by atomic mass is 9.89. The SMILES string of the molecule is O=C(O)[C@@H]1CCCN1C[C@H]1O[C@@H](c2ccc(Cl)c(Cc3ccc(O[C@H]4CCOC4)cc3)c2)[C@H](O)[C@@H](O)[C@@H]1O. The van der Waals surface area contributed by atoms with Crippen LogP contribution in [0.2, 0.25) is 5.02 Å². The van der Waals surface area contributed by atoms with Crippen LogP contribution in [-0.2, 0) is 20.7 Å². The fourth-order valence-corrected chi connectivity index (χ4v) is 5.73. The number of carboxylic acids is 1. The Kier molecular flexibility index (Phi) is 8.54. The van der Waals surface area contributed by atoms with Gasteiger partial charge in [0.1, 0.15) is 42.3 Å². The van der Waals surface area contributed by atoms with E-state index in [-0.39, 0.29) is 12.6 Å². The molecule has 2 aromatic carbocycles. The van der Waals surface area contributed by atoms with Crippen molar-refractivity contribution in [1.82, 2.24) is 4.90 Å². The summed E-state index contributed by atoms with van der Waals surface area (Å²) in [5.74, 6) is -0.135. The highest BCUT2D eigenvalue weighted by atomic mass is 35.5. The number of nitrogens with zero attached hydrogens (tertiary/aromatic N) is 1. The predicted octanol–water partition coefficient (Wildman–Crippen LogP) is 2.17. The van der Waals surface area contributed by atoms with Crippen LogP contribution in [0.1, 0.15) is 42.1 Å². The van der Waals surface area contributed by atoms with E-state index in [1.54, 1.807) is 17.0 Å². The van der Waals surface area contributed by atoms with E-state index in [4.69, 9.17) is 25.8 Å². The molecule has 0 bridgehead atoms. The van der Waals surface area contributed by atoms with Crippen molar-refractivity contribution in [1.29, 1.82) is 0 Å². The van der Waals surface area contributed by atoms with E-state index < -0.39 is 42.5 Å². The summed E-state index contributed by atoms with van der Waals surface area (Å²) >= 11 is 6.51. The Balaban J connectivity index is 1.30. The third-order valence-corrected chi connectivity index (χ3v) is 8.05. The van der Waals surface area contributed by atoms with Crippen molar-refractivity contribution in [3.05, 3.63) is 64.2 Å². The minimum atomic E-state index is -1.44. The fraction of sp³-hybridized carbons (Fsp3) is 0.536. The van der Waals surface area contributed by atoms with Crippen LogP contribution in [0, 0.1) is 0 Å². The van der Waals surface area contributed by atoms with Crippen LogP contribution >= 0.6 is 11.6 Å². The van der Waals surface area contributed by atoms with Crippen LogP contribution in [-0.4, -0.2) is 94.2 Å². The zero-order valence-corrected chi connectivity index (χ0v) is 21.7. The monoisotopic (exact) mass is 547 g/mol. The van der Waals surface area contributed by atoms with Gasteiger partial charge in [-0.15, -0.1) is 0 Å². The van der Waals surface area contributed by atoms with E-state index >= 15 is 0 Å². The highest BCUT2D eigenvalue weighted by Crippen LogP contribution is 2.35. The number of hydrogen-bond acceptors (Lipinski definition) is 8. The van der Waals surface area contributed by atoms with E-state index in [0.29, 0.717) is 36.6 Å².